The minimum Gasteiger partial charge on any atom is -0.330 e. The molecular weight excluding hydrogens is 440 g/mol. The van der Waals surface area contributed by atoms with Crippen molar-refractivity contribution < 1.29 is 4.79 Å². The Bertz CT molecular complexity index is 1000. The third-order valence-corrected chi connectivity index (χ3v) is 9.78. The number of thiazole rings is 1. The van der Waals surface area contributed by atoms with Gasteiger partial charge in [-0.15, -0.1) is 11.3 Å². The molecule has 6 rings (SSSR count). The van der Waals surface area contributed by atoms with Crippen molar-refractivity contribution in [1.82, 2.24) is 20.1 Å². The summed E-state index contributed by atoms with van der Waals surface area (Å²) in [6, 6.07) is 7.05. The van der Waals surface area contributed by atoms with E-state index in [-0.39, 0.29) is 5.91 Å². The summed E-state index contributed by atoms with van der Waals surface area (Å²) < 4.78 is 0. The van der Waals surface area contributed by atoms with Gasteiger partial charge in [-0.3, -0.25) is 9.69 Å². The molecule has 6 heteroatoms. The molecule has 5 nitrogen and oxygen atoms in total. The second kappa shape index (κ2) is 10.1. The lowest BCUT2D eigenvalue weighted by molar-refractivity contribution is 0.0674. The first-order valence-electron chi connectivity index (χ1n) is 13.6. The van der Waals surface area contributed by atoms with Gasteiger partial charge in [0.2, 0.25) is 0 Å². The highest BCUT2D eigenvalue weighted by molar-refractivity contribution is 7.11. The zero-order valence-corrected chi connectivity index (χ0v) is 21.1. The Labute approximate surface area is 207 Å². The van der Waals surface area contributed by atoms with Crippen LogP contribution >= 0.6 is 11.3 Å². The van der Waals surface area contributed by atoms with Gasteiger partial charge in [0, 0.05) is 48.2 Å². The SMILES string of the molecule is O=C1c2ccc(C3CCN(Cc4cnc(C5CCCCC5)s4)CC3)cc2CN1C1CCCNC1. The number of piperidine rings is 2. The number of fused-ring (bicyclic) bond motifs is 1. The Hall–Kier alpha value is -1.76. The fourth-order valence-electron chi connectivity index (χ4n) is 6.59. The number of carbonyl (C=O) groups is 1. The molecule has 1 atom stereocenters. The van der Waals surface area contributed by atoms with Gasteiger partial charge in [0.15, 0.2) is 0 Å². The molecule has 1 N–H and O–H groups in total. The molecule has 1 aliphatic carbocycles. The minimum atomic E-state index is 0.238. The summed E-state index contributed by atoms with van der Waals surface area (Å²) >= 11 is 1.96. The summed E-state index contributed by atoms with van der Waals surface area (Å²) in [6.45, 7) is 6.17. The number of hydrogen-bond acceptors (Lipinski definition) is 5. The van der Waals surface area contributed by atoms with Crippen molar-refractivity contribution in [2.24, 2.45) is 0 Å². The van der Waals surface area contributed by atoms with Gasteiger partial charge in [0.05, 0.1) is 5.01 Å². The van der Waals surface area contributed by atoms with Crippen molar-refractivity contribution in [2.75, 3.05) is 26.2 Å². The first-order valence-corrected chi connectivity index (χ1v) is 14.4. The molecule has 2 aromatic rings. The van der Waals surface area contributed by atoms with Crippen molar-refractivity contribution in [3.05, 3.63) is 51.0 Å². The maximum Gasteiger partial charge on any atom is 0.254 e. The topological polar surface area (TPSA) is 48.5 Å². The number of aromatic nitrogens is 1. The number of amides is 1. The molecule has 182 valence electrons. The smallest absolute Gasteiger partial charge is 0.254 e. The van der Waals surface area contributed by atoms with E-state index in [4.69, 9.17) is 4.98 Å². The number of benzene rings is 1. The second-order valence-electron chi connectivity index (χ2n) is 10.9. The fourth-order valence-corrected chi connectivity index (χ4v) is 7.72. The second-order valence-corrected chi connectivity index (χ2v) is 12.0. The Morgan fingerprint density at radius 2 is 1.85 bits per heavy atom. The molecule has 2 saturated heterocycles. The van der Waals surface area contributed by atoms with Crippen molar-refractivity contribution in [2.45, 2.75) is 88.8 Å². The molecule has 34 heavy (non-hydrogen) atoms. The summed E-state index contributed by atoms with van der Waals surface area (Å²) in [4.78, 5) is 24.0. The molecule has 1 unspecified atom stereocenters. The molecule has 0 bridgehead atoms. The Balaban J connectivity index is 1.04. The number of nitrogens with zero attached hydrogens (tertiary/aromatic N) is 3. The maximum atomic E-state index is 13.0. The average Bonchev–Trinajstić information content (AvgIpc) is 3.50. The van der Waals surface area contributed by atoms with Crippen molar-refractivity contribution in [3.8, 4) is 0 Å². The molecule has 3 fully saturated rings. The van der Waals surface area contributed by atoms with E-state index in [0.717, 1.165) is 63.6 Å². The minimum absolute atomic E-state index is 0.238. The largest absolute Gasteiger partial charge is 0.330 e. The Kier molecular flexibility index (Phi) is 6.73. The molecule has 1 aromatic carbocycles. The van der Waals surface area contributed by atoms with E-state index in [1.165, 1.54) is 66.0 Å². The number of carbonyl (C=O) groups excluding carboxylic acids is 1. The summed E-state index contributed by atoms with van der Waals surface area (Å²) in [5.41, 5.74) is 3.62. The van der Waals surface area contributed by atoms with Crippen LogP contribution in [0.15, 0.2) is 24.4 Å². The summed E-state index contributed by atoms with van der Waals surface area (Å²) in [6.07, 6.45) is 13.7. The van der Waals surface area contributed by atoms with Gasteiger partial charge in [-0.05, 0) is 81.3 Å². The normalized spacial score (nSPS) is 25.1. The van der Waals surface area contributed by atoms with Gasteiger partial charge in [-0.1, -0.05) is 31.4 Å². The van der Waals surface area contributed by atoms with E-state index in [2.05, 4.69) is 39.5 Å². The van der Waals surface area contributed by atoms with Crippen LogP contribution in [0.3, 0.4) is 0 Å². The van der Waals surface area contributed by atoms with Crippen LogP contribution in [-0.4, -0.2) is 52.9 Å². The van der Waals surface area contributed by atoms with Crippen molar-refractivity contribution >= 4 is 17.2 Å². The molecule has 4 aliphatic rings. The van der Waals surface area contributed by atoms with Crippen LogP contribution in [-0.2, 0) is 13.1 Å². The summed E-state index contributed by atoms with van der Waals surface area (Å²) in [7, 11) is 0. The van der Waals surface area contributed by atoms with Crippen molar-refractivity contribution in [3.63, 3.8) is 0 Å². The van der Waals surface area contributed by atoms with Crippen LogP contribution in [0, 0.1) is 0 Å². The van der Waals surface area contributed by atoms with E-state index in [1.807, 2.05) is 11.3 Å². The first kappa shape index (κ1) is 22.7. The Morgan fingerprint density at radius 3 is 2.65 bits per heavy atom. The molecule has 0 spiro atoms. The number of nitrogens with one attached hydrogen (secondary N) is 1. The van der Waals surface area contributed by atoms with E-state index in [9.17, 15) is 4.79 Å². The summed E-state index contributed by atoms with van der Waals surface area (Å²) in [5, 5.41) is 4.84. The van der Waals surface area contributed by atoms with Gasteiger partial charge in [0.25, 0.3) is 5.91 Å². The fraction of sp³-hybridized carbons (Fsp3) is 0.643. The molecule has 1 amide bonds. The molecule has 1 aromatic heterocycles. The predicted molar refractivity (Wildman–Crippen MR) is 137 cm³/mol. The van der Waals surface area contributed by atoms with Crippen LogP contribution in [0.2, 0.25) is 0 Å². The highest BCUT2D eigenvalue weighted by Gasteiger charge is 2.34. The molecule has 0 radical (unpaired) electrons. The van der Waals surface area contributed by atoms with Gasteiger partial charge in [0.1, 0.15) is 0 Å². The van der Waals surface area contributed by atoms with Gasteiger partial charge in [-0.2, -0.15) is 0 Å². The van der Waals surface area contributed by atoms with E-state index < -0.39 is 0 Å². The van der Waals surface area contributed by atoms with Crippen LogP contribution in [0.25, 0.3) is 0 Å². The third-order valence-electron chi connectivity index (χ3n) is 8.64. The first-order chi connectivity index (χ1) is 16.7. The van der Waals surface area contributed by atoms with Crippen LogP contribution in [0.1, 0.15) is 101 Å². The zero-order chi connectivity index (χ0) is 22.9. The predicted octanol–water partition coefficient (Wildman–Crippen LogP) is 5.28. The summed E-state index contributed by atoms with van der Waals surface area (Å²) in [5.74, 6) is 1.57. The zero-order valence-electron chi connectivity index (χ0n) is 20.3. The van der Waals surface area contributed by atoms with Crippen LogP contribution < -0.4 is 5.32 Å². The number of hydrogen-bond donors (Lipinski definition) is 1. The molecule has 3 aliphatic heterocycles. The molecule has 1 saturated carbocycles. The lowest BCUT2D eigenvalue weighted by Crippen LogP contribution is -2.46. The van der Waals surface area contributed by atoms with E-state index in [0.29, 0.717) is 12.0 Å². The lowest BCUT2D eigenvalue weighted by Gasteiger charge is -2.32. The van der Waals surface area contributed by atoms with Crippen molar-refractivity contribution in [1.29, 1.82) is 0 Å². The van der Waals surface area contributed by atoms with E-state index >= 15 is 0 Å². The van der Waals surface area contributed by atoms with Gasteiger partial charge >= 0.3 is 0 Å². The lowest BCUT2D eigenvalue weighted by atomic mass is 9.88. The highest BCUT2D eigenvalue weighted by Crippen LogP contribution is 2.36. The third kappa shape index (κ3) is 4.69. The van der Waals surface area contributed by atoms with Gasteiger partial charge < -0.3 is 10.2 Å². The van der Waals surface area contributed by atoms with E-state index in [1.54, 1.807) is 0 Å². The van der Waals surface area contributed by atoms with Crippen LogP contribution in [0.5, 0.6) is 0 Å². The van der Waals surface area contributed by atoms with Crippen LogP contribution in [0.4, 0.5) is 0 Å². The molecular formula is C28H38N4OS. The highest BCUT2D eigenvalue weighted by atomic mass is 32.1. The monoisotopic (exact) mass is 478 g/mol. The van der Waals surface area contributed by atoms with Gasteiger partial charge in [-0.25, -0.2) is 4.98 Å². The standard InChI is InChI=1S/C28H38N4OS/c33-28-26-9-8-22(15-23(26)18-32(28)24-7-4-12-29-16-24)20-10-13-31(14-11-20)19-25-17-30-27(34-25)21-5-2-1-3-6-21/h8-9,15,17,20-21,24,29H,1-7,10-14,16,18-19H2. The quantitative estimate of drug-likeness (QED) is 0.635. The Morgan fingerprint density at radius 1 is 1.00 bits per heavy atom. The number of rotatable bonds is 5. The maximum absolute atomic E-state index is 13.0. The average molecular weight is 479 g/mol. The molecule has 4 heterocycles. The number of likely N-dealkylation sites (tertiary alicyclic amines) is 1.